The van der Waals surface area contributed by atoms with Gasteiger partial charge in [0, 0.05) is 24.3 Å². The maximum absolute atomic E-state index is 12.1. The first-order chi connectivity index (χ1) is 9.99. The molecule has 0 bridgehead atoms. The molecule has 2 aromatic rings. The van der Waals surface area contributed by atoms with E-state index in [1.54, 1.807) is 6.92 Å². The van der Waals surface area contributed by atoms with Crippen LogP contribution in [-0.2, 0) is 9.53 Å². The molecule has 108 valence electrons. The van der Waals surface area contributed by atoms with Gasteiger partial charge in [-0.05, 0) is 13.0 Å². The van der Waals surface area contributed by atoms with Crippen molar-refractivity contribution in [3.63, 3.8) is 0 Å². The molecule has 0 aliphatic carbocycles. The van der Waals surface area contributed by atoms with E-state index in [4.69, 9.17) is 4.74 Å². The fraction of sp³-hybridized carbons (Fsp3) is 0.231. The first kappa shape index (κ1) is 13.1. The first-order valence-corrected chi connectivity index (χ1v) is 6.25. The van der Waals surface area contributed by atoms with Crippen LogP contribution in [0, 0.1) is 10.1 Å². The molecule has 0 radical (unpaired) electrons. The SMILES string of the molecule is C/C(=C1\CCOC1=O)n1c(=O)[nH]c2ccc([N+](=O)[O-])cc21. The maximum Gasteiger partial charge on any atom is 0.335 e. The average molecular weight is 289 g/mol. The first-order valence-electron chi connectivity index (χ1n) is 6.25. The second-order valence-corrected chi connectivity index (χ2v) is 4.67. The monoisotopic (exact) mass is 289 g/mol. The van der Waals surface area contributed by atoms with Crippen LogP contribution in [0.15, 0.2) is 28.6 Å². The largest absolute Gasteiger partial charge is 0.462 e. The number of esters is 1. The number of nitro groups is 1. The Bertz CT molecular complexity index is 858. The number of carbonyl (C=O) groups excluding carboxylic acids is 1. The molecule has 0 unspecified atom stereocenters. The van der Waals surface area contributed by atoms with E-state index in [1.165, 1.54) is 22.8 Å². The molecule has 1 aromatic carbocycles. The molecule has 0 saturated carbocycles. The molecule has 1 aliphatic rings. The van der Waals surface area contributed by atoms with Crippen molar-refractivity contribution in [2.45, 2.75) is 13.3 Å². The molecular formula is C13H11N3O5. The van der Waals surface area contributed by atoms with Gasteiger partial charge in [-0.2, -0.15) is 0 Å². The van der Waals surface area contributed by atoms with Gasteiger partial charge in [0.05, 0.1) is 28.1 Å². The van der Waals surface area contributed by atoms with Crippen LogP contribution in [0.4, 0.5) is 5.69 Å². The third kappa shape index (κ3) is 2.00. The number of non-ortho nitro benzene ring substituents is 1. The number of hydrogen-bond acceptors (Lipinski definition) is 5. The number of aromatic nitrogens is 2. The number of ether oxygens (including phenoxy) is 1. The van der Waals surface area contributed by atoms with Gasteiger partial charge in [-0.15, -0.1) is 0 Å². The minimum atomic E-state index is -0.534. The number of benzene rings is 1. The van der Waals surface area contributed by atoms with Crippen molar-refractivity contribution in [2.75, 3.05) is 6.61 Å². The number of nitrogens with zero attached hydrogens (tertiary/aromatic N) is 2. The van der Waals surface area contributed by atoms with Crippen LogP contribution in [0.5, 0.6) is 0 Å². The van der Waals surface area contributed by atoms with Crippen LogP contribution in [0.1, 0.15) is 13.3 Å². The number of hydrogen-bond donors (Lipinski definition) is 1. The van der Waals surface area contributed by atoms with Crippen LogP contribution in [0.2, 0.25) is 0 Å². The fourth-order valence-electron chi connectivity index (χ4n) is 2.44. The van der Waals surface area contributed by atoms with Crippen molar-refractivity contribution in [3.8, 4) is 0 Å². The Kier molecular flexibility index (Phi) is 2.86. The molecule has 3 rings (SSSR count). The molecule has 1 aromatic heterocycles. The predicted molar refractivity (Wildman–Crippen MR) is 73.7 cm³/mol. The molecule has 21 heavy (non-hydrogen) atoms. The van der Waals surface area contributed by atoms with Crippen molar-refractivity contribution in [2.24, 2.45) is 0 Å². The van der Waals surface area contributed by atoms with Gasteiger partial charge < -0.3 is 9.72 Å². The highest BCUT2D eigenvalue weighted by Gasteiger charge is 2.24. The van der Waals surface area contributed by atoms with E-state index >= 15 is 0 Å². The molecule has 1 aliphatic heterocycles. The van der Waals surface area contributed by atoms with E-state index in [0.717, 1.165) is 0 Å². The Morgan fingerprint density at radius 3 is 2.81 bits per heavy atom. The zero-order chi connectivity index (χ0) is 15.1. The predicted octanol–water partition coefficient (Wildman–Crippen LogP) is 1.42. The van der Waals surface area contributed by atoms with Crippen LogP contribution < -0.4 is 5.69 Å². The highest BCUT2D eigenvalue weighted by atomic mass is 16.6. The van der Waals surface area contributed by atoms with E-state index in [0.29, 0.717) is 28.7 Å². The quantitative estimate of drug-likeness (QED) is 0.389. The van der Waals surface area contributed by atoms with Gasteiger partial charge in [-0.3, -0.25) is 14.7 Å². The number of carbonyl (C=O) groups is 1. The molecule has 2 heterocycles. The Morgan fingerprint density at radius 2 is 2.19 bits per heavy atom. The zero-order valence-electron chi connectivity index (χ0n) is 11.1. The molecule has 1 N–H and O–H groups in total. The lowest BCUT2D eigenvalue weighted by Crippen LogP contribution is -2.17. The van der Waals surface area contributed by atoms with Gasteiger partial charge in [-0.1, -0.05) is 0 Å². The number of cyclic esters (lactones) is 1. The molecule has 8 nitrogen and oxygen atoms in total. The Labute approximate surface area is 117 Å². The van der Waals surface area contributed by atoms with E-state index < -0.39 is 16.6 Å². The standard InChI is InChI=1S/C13H11N3O5/c1-7(9-4-5-21-12(9)17)15-11-6-8(16(19)20)2-3-10(11)14-13(15)18/h2-3,6H,4-5H2,1H3,(H,14,18)/b9-7-. The van der Waals surface area contributed by atoms with Crippen molar-refractivity contribution in [3.05, 3.63) is 44.4 Å². The molecule has 8 heteroatoms. The minimum absolute atomic E-state index is 0.123. The van der Waals surface area contributed by atoms with Crippen molar-refractivity contribution in [1.82, 2.24) is 9.55 Å². The molecule has 1 saturated heterocycles. The Morgan fingerprint density at radius 1 is 1.43 bits per heavy atom. The summed E-state index contributed by atoms with van der Waals surface area (Å²) >= 11 is 0. The summed E-state index contributed by atoms with van der Waals surface area (Å²) in [6, 6.07) is 4.09. The fourth-order valence-corrected chi connectivity index (χ4v) is 2.44. The van der Waals surface area contributed by atoms with E-state index in [9.17, 15) is 19.7 Å². The summed E-state index contributed by atoms with van der Waals surface area (Å²) in [7, 11) is 0. The summed E-state index contributed by atoms with van der Waals surface area (Å²) in [5.74, 6) is -0.459. The van der Waals surface area contributed by atoms with Gasteiger partial charge in [-0.25, -0.2) is 9.59 Å². The second-order valence-electron chi connectivity index (χ2n) is 4.67. The van der Waals surface area contributed by atoms with Gasteiger partial charge in [0.2, 0.25) is 0 Å². The Hall–Kier alpha value is -2.90. The Balaban J connectivity index is 2.29. The van der Waals surface area contributed by atoms with E-state index in [2.05, 4.69) is 4.98 Å². The summed E-state index contributed by atoms with van der Waals surface area (Å²) in [5, 5.41) is 10.9. The molecule has 1 fully saturated rings. The third-order valence-corrected chi connectivity index (χ3v) is 3.48. The number of aromatic amines is 1. The number of allylic oxidation sites excluding steroid dienone is 1. The highest BCUT2D eigenvalue weighted by molar-refractivity contribution is 5.97. The molecule has 0 amide bonds. The number of H-pyrrole nitrogens is 1. The van der Waals surface area contributed by atoms with Crippen molar-refractivity contribution < 1.29 is 14.5 Å². The van der Waals surface area contributed by atoms with Gasteiger partial charge in [0.1, 0.15) is 0 Å². The summed E-state index contributed by atoms with van der Waals surface area (Å²) in [4.78, 5) is 36.6. The lowest BCUT2D eigenvalue weighted by atomic mass is 10.2. The third-order valence-electron chi connectivity index (χ3n) is 3.48. The number of fused-ring (bicyclic) bond motifs is 1. The summed E-state index contributed by atoms with van der Waals surface area (Å²) in [6.07, 6.45) is 0.415. The lowest BCUT2D eigenvalue weighted by Gasteiger charge is -2.05. The molecule has 0 spiro atoms. The van der Waals surface area contributed by atoms with Crippen molar-refractivity contribution >= 4 is 28.4 Å². The van der Waals surface area contributed by atoms with Gasteiger partial charge in [0.15, 0.2) is 0 Å². The summed E-state index contributed by atoms with van der Waals surface area (Å²) in [5.41, 5.74) is 1.09. The van der Waals surface area contributed by atoms with Crippen LogP contribution >= 0.6 is 0 Å². The second kappa shape index (κ2) is 4.58. The van der Waals surface area contributed by atoms with Crippen LogP contribution in [-0.4, -0.2) is 27.1 Å². The summed E-state index contributed by atoms with van der Waals surface area (Å²) < 4.78 is 6.14. The number of imidazole rings is 1. The maximum atomic E-state index is 12.1. The molecule has 0 atom stereocenters. The van der Waals surface area contributed by atoms with Crippen molar-refractivity contribution in [1.29, 1.82) is 0 Å². The van der Waals surface area contributed by atoms with Crippen LogP contribution in [0.25, 0.3) is 16.7 Å². The number of rotatable bonds is 2. The topological polar surface area (TPSA) is 107 Å². The van der Waals surface area contributed by atoms with Gasteiger partial charge in [0.25, 0.3) is 5.69 Å². The van der Waals surface area contributed by atoms with Crippen LogP contribution in [0.3, 0.4) is 0 Å². The van der Waals surface area contributed by atoms with Gasteiger partial charge >= 0.3 is 11.7 Å². The summed E-state index contributed by atoms with van der Waals surface area (Å²) in [6.45, 7) is 1.90. The number of nitrogens with one attached hydrogen (secondary N) is 1. The lowest BCUT2D eigenvalue weighted by molar-refractivity contribution is -0.384. The van der Waals surface area contributed by atoms with E-state index in [-0.39, 0.29) is 12.3 Å². The number of nitro benzene ring substituents is 1. The normalized spacial score (nSPS) is 17.1. The zero-order valence-corrected chi connectivity index (χ0v) is 11.1. The molecular weight excluding hydrogens is 278 g/mol. The highest BCUT2D eigenvalue weighted by Crippen LogP contribution is 2.25. The average Bonchev–Trinajstić information content (AvgIpc) is 2.99. The smallest absolute Gasteiger partial charge is 0.335 e. The minimum Gasteiger partial charge on any atom is -0.462 e. The van der Waals surface area contributed by atoms with E-state index in [1.807, 2.05) is 0 Å².